The van der Waals surface area contributed by atoms with Crippen molar-refractivity contribution >= 4 is 11.3 Å². The number of thiophene rings is 1. The third kappa shape index (κ3) is 3.73. The Kier molecular flexibility index (Phi) is 5.57. The summed E-state index contributed by atoms with van der Waals surface area (Å²) in [6.45, 7) is 6.56. The van der Waals surface area contributed by atoms with Gasteiger partial charge in [0, 0.05) is 17.0 Å². The lowest BCUT2D eigenvalue weighted by Gasteiger charge is -2.36. The Morgan fingerprint density at radius 2 is 2.00 bits per heavy atom. The topological polar surface area (TPSA) is 29.3 Å². The molecular weight excluding hydrogens is 276 g/mol. The van der Waals surface area contributed by atoms with Gasteiger partial charge in [-0.2, -0.15) is 0 Å². The third-order valence-electron chi connectivity index (χ3n) is 4.27. The van der Waals surface area contributed by atoms with Crippen molar-refractivity contribution in [2.45, 2.75) is 45.3 Å². The highest BCUT2D eigenvalue weighted by atomic mass is 32.1. The van der Waals surface area contributed by atoms with Crippen LogP contribution in [-0.4, -0.2) is 18.0 Å². The molecule has 21 heavy (non-hydrogen) atoms. The van der Waals surface area contributed by atoms with E-state index in [0.717, 1.165) is 6.42 Å². The highest BCUT2D eigenvalue weighted by Gasteiger charge is 2.27. The van der Waals surface area contributed by atoms with Crippen LogP contribution in [0, 0.1) is 6.92 Å². The lowest BCUT2D eigenvalue weighted by atomic mass is 9.94. The van der Waals surface area contributed by atoms with Gasteiger partial charge in [-0.3, -0.25) is 4.90 Å². The Balaban J connectivity index is 2.31. The summed E-state index contributed by atoms with van der Waals surface area (Å²) < 4.78 is 0. The maximum atomic E-state index is 6.45. The van der Waals surface area contributed by atoms with E-state index in [-0.39, 0.29) is 12.1 Å². The molecule has 1 heterocycles. The zero-order chi connectivity index (χ0) is 15.4. The summed E-state index contributed by atoms with van der Waals surface area (Å²) in [6.07, 6.45) is 0.972. The molecule has 2 nitrogen and oxygen atoms in total. The number of rotatable bonds is 6. The van der Waals surface area contributed by atoms with Gasteiger partial charge in [0.1, 0.15) is 0 Å². The lowest BCUT2D eigenvalue weighted by Crippen LogP contribution is -2.39. The van der Waals surface area contributed by atoms with Gasteiger partial charge < -0.3 is 5.73 Å². The van der Waals surface area contributed by atoms with Crippen molar-refractivity contribution in [1.82, 2.24) is 4.90 Å². The average Bonchev–Trinajstić information content (AvgIpc) is 3.00. The molecule has 3 heteroatoms. The SMILES string of the molecule is CCC(N)C(c1cccc(C)c1)N(C)C(C)c1cccs1. The first-order chi connectivity index (χ1) is 10.0. The van der Waals surface area contributed by atoms with Gasteiger partial charge in [0.2, 0.25) is 0 Å². The highest BCUT2D eigenvalue weighted by molar-refractivity contribution is 7.10. The van der Waals surface area contributed by atoms with E-state index in [0.29, 0.717) is 6.04 Å². The second kappa shape index (κ2) is 7.21. The molecule has 2 rings (SSSR count). The Labute approximate surface area is 132 Å². The number of likely N-dealkylation sites (N-methyl/N-ethyl adjacent to an activating group) is 1. The van der Waals surface area contributed by atoms with Crippen molar-refractivity contribution < 1.29 is 0 Å². The van der Waals surface area contributed by atoms with Crippen LogP contribution in [0.5, 0.6) is 0 Å². The van der Waals surface area contributed by atoms with E-state index in [4.69, 9.17) is 5.73 Å². The number of nitrogens with zero attached hydrogens (tertiary/aromatic N) is 1. The molecular formula is C18H26N2S. The zero-order valence-corrected chi connectivity index (χ0v) is 14.2. The molecule has 114 valence electrons. The van der Waals surface area contributed by atoms with Crippen molar-refractivity contribution in [2.24, 2.45) is 5.73 Å². The van der Waals surface area contributed by atoms with Crippen LogP contribution in [0.2, 0.25) is 0 Å². The second-order valence-electron chi connectivity index (χ2n) is 5.79. The van der Waals surface area contributed by atoms with E-state index in [1.165, 1.54) is 16.0 Å². The van der Waals surface area contributed by atoms with Crippen molar-refractivity contribution in [1.29, 1.82) is 0 Å². The van der Waals surface area contributed by atoms with Crippen LogP contribution in [0.25, 0.3) is 0 Å². The van der Waals surface area contributed by atoms with E-state index in [1.54, 1.807) is 0 Å². The first-order valence-electron chi connectivity index (χ1n) is 7.62. The largest absolute Gasteiger partial charge is 0.326 e. The molecule has 0 saturated heterocycles. The monoisotopic (exact) mass is 302 g/mol. The van der Waals surface area contributed by atoms with Gasteiger partial charge in [0.15, 0.2) is 0 Å². The van der Waals surface area contributed by atoms with E-state index >= 15 is 0 Å². The number of benzene rings is 1. The number of nitrogens with two attached hydrogens (primary N) is 1. The van der Waals surface area contributed by atoms with Gasteiger partial charge in [-0.1, -0.05) is 42.8 Å². The Morgan fingerprint density at radius 1 is 1.24 bits per heavy atom. The van der Waals surface area contributed by atoms with Crippen molar-refractivity contribution in [3.8, 4) is 0 Å². The molecule has 0 spiro atoms. The standard InChI is InChI=1S/C18H26N2S/c1-5-16(19)18(15-9-6-8-13(2)12-15)20(4)14(3)17-10-7-11-21-17/h6-12,14,16,18H,5,19H2,1-4H3. The summed E-state index contributed by atoms with van der Waals surface area (Å²) in [7, 11) is 2.19. The van der Waals surface area contributed by atoms with Gasteiger partial charge in [0.05, 0.1) is 6.04 Å². The van der Waals surface area contributed by atoms with E-state index < -0.39 is 0 Å². The fourth-order valence-corrected chi connectivity index (χ4v) is 3.67. The predicted octanol–water partition coefficient (Wildman–Crippen LogP) is 4.53. The molecule has 3 unspecified atom stereocenters. The van der Waals surface area contributed by atoms with Crippen LogP contribution in [0.15, 0.2) is 41.8 Å². The summed E-state index contributed by atoms with van der Waals surface area (Å²) >= 11 is 1.81. The van der Waals surface area contributed by atoms with Crippen LogP contribution in [0.4, 0.5) is 0 Å². The van der Waals surface area contributed by atoms with Gasteiger partial charge in [0.25, 0.3) is 0 Å². The molecule has 0 saturated carbocycles. The molecule has 0 aliphatic heterocycles. The maximum Gasteiger partial charge on any atom is 0.0502 e. The second-order valence-corrected chi connectivity index (χ2v) is 6.77. The summed E-state index contributed by atoms with van der Waals surface area (Å²) in [5, 5.41) is 2.14. The fourth-order valence-electron chi connectivity index (χ4n) is 2.83. The van der Waals surface area contributed by atoms with E-state index in [2.05, 4.69) is 74.5 Å². The van der Waals surface area contributed by atoms with Crippen LogP contribution in [-0.2, 0) is 0 Å². The molecule has 3 atom stereocenters. The summed E-state index contributed by atoms with van der Waals surface area (Å²) in [5.41, 5.74) is 9.06. The van der Waals surface area contributed by atoms with Crippen LogP contribution >= 0.6 is 11.3 Å². The number of hydrogen-bond donors (Lipinski definition) is 1. The molecule has 0 aliphatic rings. The summed E-state index contributed by atoms with van der Waals surface area (Å²) in [6, 6.07) is 13.8. The molecule has 2 aromatic rings. The minimum Gasteiger partial charge on any atom is -0.326 e. The van der Waals surface area contributed by atoms with Gasteiger partial charge in [-0.25, -0.2) is 0 Å². The Bertz CT molecular complexity index is 550. The van der Waals surface area contributed by atoms with Gasteiger partial charge in [-0.15, -0.1) is 11.3 Å². The molecule has 1 aromatic carbocycles. The molecule has 0 bridgehead atoms. The third-order valence-corrected chi connectivity index (χ3v) is 5.31. The Hall–Kier alpha value is -1.16. The quantitative estimate of drug-likeness (QED) is 0.849. The summed E-state index contributed by atoms with van der Waals surface area (Å²) in [5.74, 6) is 0. The molecule has 0 radical (unpaired) electrons. The highest BCUT2D eigenvalue weighted by Crippen LogP contribution is 2.33. The molecule has 2 N–H and O–H groups in total. The van der Waals surface area contributed by atoms with Crippen LogP contribution < -0.4 is 5.73 Å². The van der Waals surface area contributed by atoms with Crippen LogP contribution in [0.1, 0.15) is 48.4 Å². The first kappa shape index (κ1) is 16.2. The van der Waals surface area contributed by atoms with Gasteiger partial charge >= 0.3 is 0 Å². The smallest absolute Gasteiger partial charge is 0.0502 e. The lowest BCUT2D eigenvalue weighted by molar-refractivity contribution is 0.161. The van der Waals surface area contributed by atoms with Crippen LogP contribution in [0.3, 0.4) is 0 Å². The molecule has 0 aliphatic carbocycles. The Morgan fingerprint density at radius 3 is 2.57 bits per heavy atom. The summed E-state index contributed by atoms with van der Waals surface area (Å²) in [4.78, 5) is 3.80. The van der Waals surface area contributed by atoms with Crippen molar-refractivity contribution in [2.75, 3.05) is 7.05 Å². The maximum absolute atomic E-state index is 6.45. The minimum absolute atomic E-state index is 0.138. The number of aryl methyl sites for hydroxylation is 1. The van der Waals surface area contributed by atoms with Gasteiger partial charge in [-0.05, 0) is 44.3 Å². The molecule has 1 aromatic heterocycles. The van der Waals surface area contributed by atoms with Crippen molar-refractivity contribution in [3.05, 3.63) is 57.8 Å². The average molecular weight is 302 g/mol. The van der Waals surface area contributed by atoms with Crippen molar-refractivity contribution in [3.63, 3.8) is 0 Å². The molecule has 0 amide bonds. The predicted molar refractivity (Wildman–Crippen MR) is 92.7 cm³/mol. The first-order valence-corrected chi connectivity index (χ1v) is 8.50. The zero-order valence-electron chi connectivity index (χ0n) is 13.4. The van der Waals surface area contributed by atoms with E-state index in [1.807, 2.05) is 11.3 Å². The number of hydrogen-bond acceptors (Lipinski definition) is 3. The minimum atomic E-state index is 0.138. The normalized spacial score (nSPS) is 15.9. The fraction of sp³-hybridized carbons (Fsp3) is 0.444. The van der Waals surface area contributed by atoms with E-state index in [9.17, 15) is 0 Å². The molecule has 0 fully saturated rings.